The molecule has 0 unspecified atom stereocenters. The van der Waals surface area contributed by atoms with Crippen LogP contribution in [0.5, 0.6) is 0 Å². The number of hydrogen-bond donors (Lipinski definition) is 0. The lowest BCUT2D eigenvalue weighted by Gasteiger charge is -2.06. The molecule has 1 heterocycles. The Morgan fingerprint density at radius 3 is 2.33 bits per heavy atom. The van der Waals surface area contributed by atoms with E-state index in [2.05, 4.69) is 42.2 Å². The van der Waals surface area contributed by atoms with Crippen LogP contribution in [0.2, 0.25) is 10.3 Å². The van der Waals surface area contributed by atoms with Crippen molar-refractivity contribution >= 4 is 35.0 Å². The third kappa shape index (κ3) is 3.61. The van der Waals surface area contributed by atoms with Gasteiger partial charge in [0, 0.05) is 5.75 Å². The van der Waals surface area contributed by atoms with Crippen LogP contribution >= 0.6 is 35.0 Å². The van der Waals surface area contributed by atoms with Crippen molar-refractivity contribution in [3.8, 4) is 0 Å². The minimum Gasteiger partial charge on any atom is -0.137 e. The normalized spacial score (nSPS) is 10.7. The largest absolute Gasteiger partial charge is 0.165 e. The lowest BCUT2D eigenvalue weighted by atomic mass is 10.1. The van der Waals surface area contributed by atoms with Crippen molar-refractivity contribution in [2.75, 3.05) is 0 Å². The molecule has 5 heteroatoms. The van der Waals surface area contributed by atoms with Crippen LogP contribution in [0, 0.1) is 13.8 Å². The summed E-state index contributed by atoms with van der Waals surface area (Å²) in [4.78, 5) is 0.857. The molecule has 0 atom stereocenters. The monoisotopic (exact) mass is 298 g/mol. The molecule has 0 aliphatic rings. The molecule has 1 aromatic carbocycles. The van der Waals surface area contributed by atoms with Crippen LogP contribution in [0.4, 0.5) is 0 Å². The number of nitrogens with zero attached hydrogens (tertiary/aromatic N) is 2. The Labute approximate surface area is 121 Å². The predicted molar refractivity (Wildman–Crippen MR) is 77.5 cm³/mol. The molecule has 0 amide bonds. The standard InChI is InChI=1S/C13H12Cl2N2S/c1-8-3-9(2)5-10(4-8)7-18-11-6-12(14)16-17-13(11)15/h3-6H,7H2,1-2H3. The number of thioether (sulfide) groups is 1. The zero-order chi connectivity index (χ0) is 13.1. The molecule has 0 bridgehead atoms. The summed E-state index contributed by atoms with van der Waals surface area (Å²) in [5.74, 6) is 0.838. The molecule has 1 aromatic heterocycles. The van der Waals surface area contributed by atoms with Crippen LogP contribution in [0.1, 0.15) is 16.7 Å². The molecule has 0 aliphatic heterocycles. The molecule has 0 saturated carbocycles. The molecule has 0 radical (unpaired) electrons. The fraction of sp³-hybridized carbons (Fsp3) is 0.231. The maximum Gasteiger partial charge on any atom is 0.165 e. The molecule has 2 aromatic rings. The molecular formula is C13H12Cl2N2S. The first-order valence-corrected chi connectivity index (χ1v) is 7.17. The molecule has 18 heavy (non-hydrogen) atoms. The maximum absolute atomic E-state index is 5.97. The molecule has 94 valence electrons. The van der Waals surface area contributed by atoms with E-state index in [9.17, 15) is 0 Å². The summed E-state index contributed by atoms with van der Waals surface area (Å²) >= 11 is 13.4. The number of halogens is 2. The van der Waals surface area contributed by atoms with Gasteiger partial charge in [-0.3, -0.25) is 0 Å². The zero-order valence-corrected chi connectivity index (χ0v) is 12.4. The van der Waals surface area contributed by atoms with Crippen LogP contribution in [-0.4, -0.2) is 10.2 Å². The highest BCUT2D eigenvalue weighted by Crippen LogP contribution is 2.29. The molecule has 0 saturated heterocycles. The SMILES string of the molecule is Cc1cc(C)cc(CSc2cc(Cl)nnc2Cl)c1. The van der Waals surface area contributed by atoms with E-state index < -0.39 is 0 Å². The van der Waals surface area contributed by atoms with Crippen LogP contribution in [-0.2, 0) is 5.75 Å². The van der Waals surface area contributed by atoms with Gasteiger partial charge < -0.3 is 0 Å². The second kappa shape index (κ2) is 5.91. The summed E-state index contributed by atoms with van der Waals surface area (Å²) in [6.07, 6.45) is 0. The summed E-state index contributed by atoms with van der Waals surface area (Å²) in [7, 11) is 0. The number of benzene rings is 1. The van der Waals surface area contributed by atoms with Crippen molar-refractivity contribution in [3.63, 3.8) is 0 Å². The Kier molecular flexibility index (Phi) is 4.49. The van der Waals surface area contributed by atoms with Crippen molar-refractivity contribution in [1.29, 1.82) is 0 Å². The van der Waals surface area contributed by atoms with Gasteiger partial charge in [0.15, 0.2) is 10.3 Å². The number of rotatable bonds is 3. The van der Waals surface area contributed by atoms with Gasteiger partial charge in [-0.1, -0.05) is 52.5 Å². The van der Waals surface area contributed by atoms with Gasteiger partial charge in [0.25, 0.3) is 0 Å². The molecule has 0 aliphatic carbocycles. The smallest absolute Gasteiger partial charge is 0.137 e. The summed E-state index contributed by atoms with van der Waals surface area (Å²) in [6, 6.07) is 8.24. The maximum atomic E-state index is 5.97. The summed E-state index contributed by atoms with van der Waals surface area (Å²) < 4.78 is 0. The first-order valence-electron chi connectivity index (χ1n) is 5.43. The van der Waals surface area contributed by atoms with Crippen molar-refractivity contribution in [3.05, 3.63) is 51.3 Å². The van der Waals surface area contributed by atoms with E-state index in [1.54, 1.807) is 17.8 Å². The van der Waals surface area contributed by atoms with Gasteiger partial charge in [0.1, 0.15) is 0 Å². The molecule has 2 rings (SSSR count). The van der Waals surface area contributed by atoms with Gasteiger partial charge in [0.2, 0.25) is 0 Å². The molecule has 2 nitrogen and oxygen atoms in total. The van der Waals surface area contributed by atoms with Gasteiger partial charge in [-0.25, -0.2) is 0 Å². The van der Waals surface area contributed by atoms with E-state index in [0.717, 1.165) is 10.6 Å². The third-order valence-corrected chi connectivity index (χ3v) is 4.04. The average Bonchev–Trinajstić information content (AvgIpc) is 2.29. The van der Waals surface area contributed by atoms with Crippen LogP contribution in [0.15, 0.2) is 29.2 Å². The van der Waals surface area contributed by atoms with E-state index >= 15 is 0 Å². The average molecular weight is 299 g/mol. The van der Waals surface area contributed by atoms with Gasteiger partial charge in [-0.2, -0.15) is 0 Å². The van der Waals surface area contributed by atoms with Crippen molar-refractivity contribution in [1.82, 2.24) is 10.2 Å². The minimum atomic E-state index is 0.363. The van der Waals surface area contributed by atoms with Gasteiger partial charge in [0.05, 0.1) is 4.90 Å². The minimum absolute atomic E-state index is 0.363. The fourth-order valence-corrected chi connectivity index (χ4v) is 3.06. The van der Waals surface area contributed by atoms with Crippen LogP contribution < -0.4 is 0 Å². The highest BCUT2D eigenvalue weighted by molar-refractivity contribution is 7.98. The Morgan fingerprint density at radius 1 is 1.00 bits per heavy atom. The molecular weight excluding hydrogens is 287 g/mol. The van der Waals surface area contributed by atoms with E-state index in [4.69, 9.17) is 23.2 Å². The summed E-state index contributed by atoms with van der Waals surface area (Å²) in [6.45, 7) is 4.19. The Bertz CT molecular complexity index is 553. The Balaban J connectivity index is 2.13. The van der Waals surface area contributed by atoms with E-state index in [-0.39, 0.29) is 0 Å². The van der Waals surface area contributed by atoms with E-state index in [1.807, 2.05) is 0 Å². The molecule has 0 fully saturated rings. The highest BCUT2D eigenvalue weighted by atomic mass is 35.5. The summed E-state index contributed by atoms with van der Waals surface area (Å²) in [5, 5.41) is 8.24. The van der Waals surface area contributed by atoms with Crippen LogP contribution in [0.3, 0.4) is 0 Å². The van der Waals surface area contributed by atoms with E-state index in [1.165, 1.54) is 16.7 Å². The summed E-state index contributed by atoms with van der Waals surface area (Å²) in [5.41, 5.74) is 3.80. The van der Waals surface area contributed by atoms with Gasteiger partial charge in [-0.15, -0.1) is 22.0 Å². The number of aryl methyl sites for hydroxylation is 2. The quantitative estimate of drug-likeness (QED) is 0.769. The fourth-order valence-electron chi connectivity index (χ4n) is 1.75. The lowest BCUT2D eigenvalue weighted by Crippen LogP contribution is -1.88. The first-order chi connectivity index (χ1) is 8.54. The van der Waals surface area contributed by atoms with Gasteiger partial charge >= 0.3 is 0 Å². The Hall–Kier alpha value is -0.770. The number of aromatic nitrogens is 2. The lowest BCUT2D eigenvalue weighted by molar-refractivity contribution is 0.998. The molecule has 0 spiro atoms. The predicted octanol–water partition coefficient (Wildman–Crippen LogP) is 4.69. The molecule has 0 N–H and O–H groups in total. The first kappa shape index (κ1) is 13.7. The van der Waals surface area contributed by atoms with Gasteiger partial charge in [-0.05, 0) is 25.5 Å². The zero-order valence-electron chi connectivity index (χ0n) is 10.1. The topological polar surface area (TPSA) is 25.8 Å². The van der Waals surface area contributed by atoms with Crippen molar-refractivity contribution < 1.29 is 0 Å². The van der Waals surface area contributed by atoms with E-state index in [0.29, 0.717) is 10.3 Å². The third-order valence-electron chi connectivity index (χ3n) is 2.36. The van der Waals surface area contributed by atoms with Crippen molar-refractivity contribution in [2.24, 2.45) is 0 Å². The second-order valence-electron chi connectivity index (χ2n) is 4.11. The highest BCUT2D eigenvalue weighted by Gasteiger charge is 2.06. The Morgan fingerprint density at radius 2 is 1.67 bits per heavy atom. The van der Waals surface area contributed by atoms with Crippen LogP contribution in [0.25, 0.3) is 0 Å². The number of hydrogen-bond acceptors (Lipinski definition) is 3. The van der Waals surface area contributed by atoms with Crippen molar-refractivity contribution in [2.45, 2.75) is 24.5 Å². The second-order valence-corrected chi connectivity index (χ2v) is 5.87.